The van der Waals surface area contributed by atoms with Crippen molar-refractivity contribution in [1.29, 1.82) is 0 Å². The highest BCUT2D eigenvalue weighted by Gasteiger charge is 2.54. The van der Waals surface area contributed by atoms with Gasteiger partial charge in [-0.05, 0) is 48.5 Å². The molecule has 2 aliphatic rings. The number of benzene rings is 1. The molecule has 1 N–H and O–H groups in total. The van der Waals surface area contributed by atoms with Crippen molar-refractivity contribution in [2.45, 2.75) is 37.5 Å². The van der Waals surface area contributed by atoms with E-state index < -0.39 is 0 Å². The molecule has 0 heterocycles. The molecule has 3 rings (SSSR count). The van der Waals surface area contributed by atoms with Crippen molar-refractivity contribution in [2.24, 2.45) is 5.41 Å². The van der Waals surface area contributed by atoms with Crippen LogP contribution in [0.15, 0.2) is 30.3 Å². The van der Waals surface area contributed by atoms with Crippen LogP contribution in [0.2, 0.25) is 0 Å². The van der Waals surface area contributed by atoms with Crippen LogP contribution in [-0.4, -0.2) is 11.7 Å². The van der Waals surface area contributed by atoms with Gasteiger partial charge in [-0.25, -0.2) is 0 Å². The number of hydrogen-bond donors (Lipinski definition) is 1. The largest absolute Gasteiger partial charge is 0.396 e. The Morgan fingerprint density at radius 2 is 1.67 bits per heavy atom. The minimum atomic E-state index is 0.298. The van der Waals surface area contributed by atoms with Gasteiger partial charge < -0.3 is 5.11 Å². The van der Waals surface area contributed by atoms with Gasteiger partial charge in [0.25, 0.3) is 0 Å². The number of rotatable bonds is 4. The summed E-state index contributed by atoms with van der Waals surface area (Å²) >= 11 is 0. The Morgan fingerprint density at radius 3 is 2.13 bits per heavy atom. The van der Waals surface area contributed by atoms with Crippen molar-refractivity contribution in [2.75, 3.05) is 6.61 Å². The summed E-state index contributed by atoms with van der Waals surface area (Å²) in [5, 5.41) is 9.39. The highest BCUT2D eigenvalue weighted by Crippen LogP contribution is 2.61. The van der Waals surface area contributed by atoms with E-state index in [9.17, 15) is 5.11 Å². The normalized spacial score (nSPS) is 24.9. The van der Waals surface area contributed by atoms with E-state index in [0.717, 1.165) is 0 Å². The molecule has 0 unspecified atom stereocenters. The Labute approximate surface area is 91.1 Å². The SMILES string of the molecule is OCC1(CC2(c3ccccc3)CC2)CC1. The standard InChI is InChI=1S/C14H18O/c15-11-13(6-7-13)10-14(8-9-14)12-4-2-1-3-5-12/h1-5,15H,6-11H2. The Bertz CT molecular complexity index is 347. The highest BCUT2D eigenvalue weighted by molar-refractivity contribution is 5.32. The molecule has 0 amide bonds. The van der Waals surface area contributed by atoms with Gasteiger partial charge in [-0.15, -0.1) is 0 Å². The number of aliphatic hydroxyl groups is 1. The van der Waals surface area contributed by atoms with Crippen molar-refractivity contribution in [3.05, 3.63) is 35.9 Å². The molecule has 15 heavy (non-hydrogen) atoms. The van der Waals surface area contributed by atoms with E-state index >= 15 is 0 Å². The van der Waals surface area contributed by atoms with E-state index in [4.69, 9.17) is 0 Å². The molecular weight excluding hydrogens is 184 g/mol. The Balaban J connectivity index is 1.80. The van der Waals surface area contributed by atoms with Gasteiger partial charge in [0.1, 0.15) is 0 Å². The second-order valence-corrected chi connectivity index (χ2v) is 5.48. The molecule has 1 aromatic carbocycles. The van der Waals surface area contributed by atoms with Crippen LogP contribution < -0.4 is 0 Å². The fourth-order valence-electron chi connectivity index (χ4n) is 2.80. The summed E-state index contributed by atoms with van der Waals surface area (Å²) in [6.07, 6.45) is 6.31. The molecular formula is C14H18O. The maximum absolute atomic E-state index is 9.39. The fourth-order valence-corrected chi connectivity index (χ4v) is 2.80. The second kappa shape index (κ2) is 3.08. The Hall–Kier alpha value is -0.820. The molecule has 2 aliphatic carbocycles. The molecule has 0 aromatic heterocycles. The Morgan fingerprint density at radius 1 is 1.00 bits per heavy atom. The van der Waals surface area contributed by atoms with Crippen LogP contribution in [0.3, 0.4) is 0 Å². The van der Waals surface area contributed by atoms with Crippen molar-refractivity contribution in [3.8, 4) is 0 Å². The van der Waals surface area contributed by atoms with Gasteiger partial charge in [0.15, 0.2) is 0 Å². The lowest BCUT2D eigenvalue weighted by molar-refractivity contribution is 0.192. The average molecular weight is 202 g/mol. The van der Waals surface area contributed by atoms with Crippen LogP contribution in [0.1, 0.15) is 37.7 Å². The molecule has 0 atom stereocenters. The molecule has 1 aromatic rings. The molecule has 2 saturated carbocycles. The molecule has 0 radical (unpaired) electrons. The van der Waals surface area contributed by atoms with E-state index in [1.165, 1.54) is 37.7 Å². The molecule has 0 spiro atoms. The molecule has 2 fully saturated rings. The second-order valence-electron chi connectivity index (χ2n) is 5.48. The van der Waals surface area contributed by atoms with Gasteiger partial charge in [0.05, 0.1) is 0 Å². The zero-order valence-corrected chi connectivity index (χ0v) is 9.08. The van der Waals surface area contributed by atoms with Crippen molar-refractivity contribution in [3.63, 3.8) is 0 Å². The maximum Gasteiger partial charge on any atom is 0.0487 e. The summed E-state index contributed by atoms with van der Waals surface area (Å²) in [6.45, 7) is 0.390. The molecule has 80 valence electrons. The van der Waals surface area contributed by atoms with E-state index in [-0.39, 0.29) is 0 Å². The van der Waals surface area contributed by atoms with Gasteiger partial charge in [-0.1, -0.05) is 30.3 Å². The highest BCUT2D eigenvalue weighted by atomic mass is 16.3. The van der Waals surface area contributed by atoms with Gasteiger partial charge in [-0.2, -0.15) is 0 Å². The van der Waals surface area contributed by atoms with Crippen LogP contribution >= 0.6 is 0 Å². The summed E-state index contributed by atoms with van der Waals surface area (Å²) in [5.41, 5.74) is 2.22. The first-order chi connectivity index (χ1) is 7.29. The van der Waals surface area contributed by atoms with Crippen molar-refractivity contribution >= 4 is 0 Å². The van der Waals surface area contributed by atoms with Gasteiger partial charge in [0.2, 0.25) is 0 Å². The minimum absolute atomic E-state index is 0.298. The molecule has 0 aliphatic heterocycles. The monoisotopic (exact) mass is 202 g/mol. The first-order valence-corrected chi connectivity index (χ1v) is 5.95. The number of hydrogen-bond acceptors (Lipinski definition) is 1. The van der Waals surface area contributed by atoms with Crippen molar-refractivity contribution < 1.29 is 5.11 Å². The lowest BCUT2D eigenvalue weighted by Gasteiger charge is -2.21. The van der Waals surface area contributed by atoms with Gasteiger partial charge in [-0.3, -0.25) is 0 Å². The third-order valence-corrected chi connectivity index (χ3v) is 4.25. The van der Waals surface area contributed by atoms with Gasteiger partial charge in [0, 0.05) is 6.61 Å². The van der Waals surface area contributed by atoms with E-state index in [1.54, 1.807) is 0 Å². The summed E-state index contributed by atoms with van der Waals surface area (Å²) in [6, 6.07) is 10.8. The lowest BCUT2D eigenvalue weighted by Crippen LogP contribution is -2.17. The lowest BCUT2D eigenvalue weighted by atomic mass is 9.84. The smallest absolute Gasteiger partial charge is 0.0487 e. The first kappa shape index (κ1) is 9.41. The molecule has 0 bridgehead atoms. The zero-order chi connectivity index (χ0) is 10.4. The van der Waals surface area contributed by atoms with Gasteiger partial charge >= 0.3 is 0 Å². The summed E-state index contributed by atoms with van der Waals surface area (Å²) in [5.74, 6) is 0. The third kappa shape index (κ3) is 1.59. The summed E-state index contributed by atoms with van der Waals surface area (Å²) < 4.78 is 0. The van der Waals surface area contributed by atoms with Crippen molar-refractivity contribution in [1.82, 2.24) is 0 Å². The predicted octanol–water partition coefficient (Wildman–Crippen LogP) is 2.88. The van der Waals surface area contributed by atoms with E-state index in [0.29, 0.717) is 17.4 Å². The quantitative estimate of drug-likeness (QED) is 0.796. The number of aliphatic hydroxyl groups excluding tert-OH is 1. The predicted molar refractivity (Wildman–Crippen MR) is 60.7 cm³/mol. The zero-order valence-electron chi connectivity index (χ0n) is 9.08. The fraction of sp³-hybridized carbons (Fsp3) is 0.571. The topological polar surface area (TPSA) is 20.2 Å². The van der Waals surface area contributed by atoms with Crippen LogP contribution in [-0.2, 0) is 5.41 Å². The van der Waals surface area contributed by atoms with E-state index in [1.807, 2.05) is 0 Å². The maximum atomic E-state index is 9.39. The molecule has 1 heteroatoms. The van der Waals surface area contributed by atoms with Crippen LogP contribution in [0, 0.1) is 5.41 Å². The summed E-state index contributed by atoms with van der Waals surface area (Å²) in [4.78, 5) is 0. The first-order valence-electron chi connectivity index (χ1n) is 5.95. The molecule has 1 nitrogen and oxygen atoms in total. The third-order valence-electron chi connectivity index (χ3n) is 4.25. The molecule has 0 saturated heterocycles. The van der Waals surface area contributed by atoms with E-state index in [2.05, 4.69) is 30.3 Å². The van der Waals surface area contributed by atoms with Crippen LogP contribution in [0.5, 0.6) is 0 Å². The average Bonchev–Trinajstić information content (AvgIpc) is 3.19. The minimum Gasteiger partial charge on any atom is -0.396 e. The Kier molecular flexibility index (Phi) is 1.93. The summed E-state index contributed by atoms with van der Waals surface area (Å²) in [7, 11) is 0. The van der Waals surface area contributed by atoms with Crippen LogP contribution in [0.25, 0.3) is 0 Å². The van der Waals surface area contributed by atoms with Crippen LogP contribution in [0.4, 0.5) is 0 Å².